The fraction of sp³-hybridized carbons (Fsp3) is 0.200. The van der Waals surface area contributed by atoms with Crippen molar-refractivity contribution >= 4 is 23.3 Å². The highest BCUT2D eigenvalue weighted by molar-refractivity contribution is 6.00. The number of hydrogen-bond acceptors (Lipinski definition) is 7. The first-order valence-electron chi connectivity index (χ1n) is 10.3. The van der Waals surface area contributed by atoms with Crippen LogP contribution in [-0.4, -0.2) is 31.0 Å². The maximum Gasteiger partial charge on any atom is 0.346 e. The minimum absolute atomic E-state index is 0.0815. The van der Waals surface area contributed by atoms with E-state index in [-0.39, 0.29) is 17.1 Å². The van der Waals surface area contributed by atoms with Gasteiger partial charge in [0, 0.05) is 17.3 Å². The van der Waals surface area contributed by atoms with Gasteiger partial charge in [-0.3, -0.25) is 14.9 Å². The highest BCUT2D eigenvalue weighted by Gasteiger charge is 2.31. The molecule has 0 spiro atoms. The zero-order valence-corrected chi connectivity index (χ0v) is 19.2. The van der Waals surface area contributed by atoms with E-state index in [4.69, 9.17) is 14.2 Å². The van der Waals surface area contributed by atoms with E-state index in [1.54, 1.807) is 36.4 Å². The van der Waals surface area contributed by atoms with E-state index < -0.39 is 28.6 Å². The van der Waals surface area contributed by atoms with Crippen molar-refractivity contribution in [3.05, 3.63) is 93.0 Å². The van der Waals surface area contributed by atoms with Crippen LogP contribution in [0.3, 0.4) is 0 Å². The number of rotatable bonds is 8. The summed E-state index contributed by atoms with van der Waals surface area (Å²) in [6, 6.07) is 16.2. The van der Waals surface area contributed by atoms with Crippen molar-refractivity contribution in [1.82, 2.24) is 0 Å². The minimum atomic E-state index is -1.36. The summed E-state index contributed by atoms with van der Waals surface area (Å²) in [7, 11) is 2.66. The topological polar surface area (TPSA) is 117 Å². The lowest BCUT2D eigenvalue weighted by atomic mass is 10.1. The Labute approximate surface area is 196 Å². The number of ether oxygens (including phenoxy) is 3. The van der Waals surface area contributed by atoms with Gasteiger partial charge in [-0.1, -0.05) is 42.5 Å². The molecule has 0 aliphatic carbocycles. The Kier molecular flexibility index (Phi) is 7.47. The number of hydrogen-bond donors (Lipinski definition) is 1. The smallest absolute Gasteiger partial charge is 0.346 e. The number of aryl methyl sites for hydroxylation is 2. The molecule has 1 amide bonds. The molecule has 1 atom stereocenters. The number of methoxy groups -OCH3 is 2. The minimum Gasteiger partial charge on any atom is -0.493 e. The molecular weight excluding hydrogens is 440 g/mol. The zero-order valence-electron chi connectivity index (χ0n) is 19.2. The van der Waals surface area contributed by atoms with E-state index in [0.717, 1.165) is 23.3 Å². The van der Waals surface area contributed by atoms with E-state index in [9.17, 15) is 19.7 Å². The van der Waals surface area contributed by atoms with Crippen molar-refractivity contribution in [2.45, 2.75) is 20.0 Å². The van der Waals surface area contributed by atoms with E-state index in [0.29, 0.717) is 11.3 Å². The number of nitrogens with zero attached hydrogens (tertiary/aromatic N) is 1. The van der Waals surface area contributed by atoms with Gasteiger partial charge in [-0.25, -0.2) is 4.79 Å². The number of nitrogens with one attached hydrogen (secondary N) is 1. The van der Waals surface area contributed by atoms with E-state index in [1.807, 2.05) is 26.0 Å². The van der Waals surface area contributed by atoms with Crippen LogP contribution in [0.2, 0.25) is 0 Å². The lowest BCUT2D eigenvalue weighted by Gasteiger charge is -2.19. The molecule has 0 unspecified atom stereocenters. The number of nitro benzene ring substituents is 1. The Morgan fingerprint density at radius 3 is 2.21 bits per heavy atom. The molecule has 3 aromatic rings. The van der Waals surface area contributed by atoms with Gasteiger partial charge in [-0.2, -0.15) is 0 Å². The molecule has 0 heterocycles. The van der Waals surface area contributed by atoms with Crippen LogP contribution in [0.25, 0.3) is 0 Å². The van der Waals surface area contributed by atoms with Gasteiger partial charge in [0.15, 0.2) is 11.5 Å². The second kappa shape index (κ2) is 10.5. The Balaban J connectivity index is 1.99. The number of anilines is 1. The lowest BCUT2D eigenvalue weighted by molar-refractivity contribution is -0.385. The number of carbonyl (C=O) groups excluding carboxylic acids is 2. The maximum atomic E-state index is 13.2. The van der Waals surface area contributed by atoms with Crippen LogP contribution in [-0.2, 0) is 9.53 Å². The largest absolute Gasteiger partial charge is 0.493 e. The van der Waals surface area contributed by atoms with Crippen molar-refractivity contribution in [3.63, 3.8) is 0 Å². The van der Waals surface area contributed by atoms with Crippen molar-refractivity contribution in [2.24, 2.45) is 0 Å². The number of nitro groups is 1. The summed E-state index contributed by atoms with van der Waals surface area (Å²) in [5, 5.41) is 14.4. The van der Waals surface area contributed by atoms with Crippen molar-refractivity contribution < 1.29 is 28.7 Å². The third kappa shape index (κ3) is 5.32. The van der Waals surface area contributed by atoms with Crippen LogP contribution >= 0.6 is 0 Å². The third-order valence-electron chi connectivity index (χ3n) is 5.13. The predicted octanol–water partition coefficient (Wildman–Crippen LogP) is 4.77. The molecule has 3 rings (SSSR count). The molecule has 3 aromatic carbocycles. The average Bonchev–Trinajstić information content (AvgIpc) is 2.84. The van der Waals surface area contributed by atoms with Crippen molar-refractivity contribution in [3.8, 4) is 11.5 Å². The standard InChI is InChI=1S/C25H24N2O7/c1-15-10-11-16(2)19(12-15)26-24(28)23(17-8-6-5-7-9-17)34-25(29)18-13-21(32-3)22(33-4)14-20(18)27(30)31/h5-14,23H,1-4H3,(H,26,28)/t23-/m1/s1. The summed E-state index contributed by atoms with van der Waals surface area (Å²) in [4.78, 5) is 37.2. The fourth-order valence-electron chi connectivity index (χ4n) is 3.32. The number of amides is 1. The van der Waals surface area contributed by atoms with Crippen LogP contribution in [0.4, 0.5) is 11.4 Å². The Morgan fingerprint density at radius 2 is 1.59 bits per heavy atom. The van der Waals surface area contributed by atoms with Gasteiger partial charge in [-0.15, -0.1) is 0 Å². The second-order valence-corrected chi connectivity index (χ2v) is 7.49. The average molecular weight is 464 g/mol. The molecule has 0 saturated heterocycles. The molecule has 0 radical (unpaired) electrons. The molecule has 0 aliphatic heterocycles. The SMILES string of the molecule is COc1cc(C(=O)O[C@@H](C(=O)Nc2cc(C)ccc2C)c2ccccc2)c([N+](=O)[O-])cc1OC. The summed E-state index contributed by atoms with van der Waals surface area (Å²) in [5.41, 5.74) is 1.83. The summed E-state index contributed by atoms with van der Waals surface area (Å²) in [5.74, 6) is -1.47. The number of esters is 1. The van der Waals surface area contributed by atoms with E-state index in [2.05, 4.69) is 5.32 Å². The molecule has 9 heteroatoms. The van der Waals surface area contributed by atoms with Crippen molar-refractivity contribution in [1.29, 1.82) is 0 Å². The quantitative estimate of drug-likeness (QED) is 0.290. The third-order valence-corrected chi connectivity index (χ3v) is 5.13. The van der Waals surface area contributed by atoms with Crippen LogP contribution in [0, 0.1) is 24.0 Å². The van der Waals surface area contributed by atoms with E-state index >= 15 is 0 Å². The lowest BCUT2D eigenvalue weighted by Crippen LogP contribution is -2.26. The van der Waals surface area contributed by atoms with Gasteiger partial charge in [-0.05, 0) is 31.0 Å². The highest BCUT2D eigenvalue weighted by Crippen LogP contribution is 2.35. The first-order valence-corrected chi connectivity index (χ1v) is 10.3. The predicted molar refractivity (Wildman–Crippen MR) is 125 cm³/mol. The molecule has 34 heavy (non-hydrogen) atoms. The highest BCUT2D eigenvalue weighted by atomic mass is 16.6. The van der Waals surface area contributed by atoms with Crippen molar-refractivity contribution in [2.75, 3.05) is 19.5 Å². The molecule has 0 aromatic heterocycles. The normalized spacial score (nSPS) is 11.3. The van der Waals surface area contributed by atoms with Gasteiger partial charge >= 0.3 is 5.97 Å². The summed E-state index contributed by atoms with van der Waals surface area (Å²) in [6.07, 6.45) is -1.36. The summed E-state index contributed by atoms with van der Waals surface area (Å²) >= 11 is 0. The Morgan fingerprint density at radius 1 is 0.941 bits per heavy atom. The molecule has 176 valence electrons. The Hall–Kier alpha value is -4.40. The molecule has 0 fully saturated rings. The molecular formula is C25H24N2O7. The molecule has 1 N–H and O–H groups in total. The van der Waals surface area contributed by atoms with Crippen LogP contribution in [0.5, 0.6) is 11.5 Å². The summed E-state index contributed by atoms with van der Waals surface area (Å²) < 4.78 is 15.8. The number of carbonyl (C=O) groups is 2. The molecule has 0 aliphatic rings. The van der Waals surface area contributed by atoms with Gasteiger partial charge in [0.25, 0.3) is 11.6 Å². The zero-order chi connectivity index (χ0) is 24.8. The second-order valence-electron chi connectivity index (χ2n) is 7.49. The van der Waals surface area contributed by atoms with E-state index in [1.165, 1.54) is 14.2 Å². The molecule has 0 saturated carbocycles. The number of benzene rings is 3. The fourth-order valence-corrected chi connectivity index (χ4v) is 3.32. The van der Waals surface area contributed by atoms with Crippen LogP contribution < -0.4 is 14.8 Å². The first-order chi connectivity index (χ1) is 16.2. The van der Waals surface area contributed by atoms with Gasteiger partial charge in [0.2, 0.25) is 6.10 Å². The first kappa shape index (κ1) is 24.2. The van der Waals surface area contributed by atoms with Gasteiger partial charge in [0.05, 0.1) is 25.2 Å². The Bertz CT molecular complexity index is 1230. The molecule has 9 nitrogen and oxygen atoms in total. The van der Waals surface area contributed by atoms with Crippen LogP contribution in [0.15, 0.2) is 60.7 Å². The van der Waals surface area contributed by atoms with Gasteiger partial charge in [0.1, 0.15) is 5.56 Å². The molecule has 0 bridgehead atoms. The maximum absolute atomic E-state index is 13.2. The monoisotopic (exact) mass is 464 g/mol. The summed E-state index contributed by atoms with van der Waals surface area (Å²) in [6.45, 7) is 3.73. The van der Waals surface area contributed by atoms with Crippen LogP contribution in [0.1, 0.15) is 33.2 Å². The van der Waals surface area contributed by atoms with Gasteiger partial charge < -0.3 is 19.5 Å².